The van der Waals surface area contributed by atoms with Crippen molar-refractivity contribution in [3.8, 4) is 23.0 Å². The highest BCUT2D eigenvalue weighted by Gasteiger charge is 2.11. The summed E-state index contributed by atoms with van der Waals surface area (Å²) < 4.78 is 16.2. The normalized spacial score (nSPS) is 12.9. The van der Waals surface area contributed by atoms with Gasteiger partial charge in [-0.15, -0.1) is 10.2 Å². The number of ether oxygens (including phenoxy) is 2. The van der Waals surface area contributed by atoms with Crippen LogP contribution in [0.4, 0.5) is 5.69 Å². The molecule has 136 valence electrons. The number of carbonyl (C=O) groups is 1. The third kappa shape index (κ3) is 3.82. The fourth-order valence-corrected chi connectivity index (χ4v) is 2.70. The molecule has 0 fully saturated rings. The van der Waals surface area contributed by atoms with Crippen LogP contribution < -0.4 is 14.8 Å². The molecule has 0 aliphatic carbocycles. The first kappa shape index (κ1) is 16.8. The molecule has 0 saturated carbocycles. The van der Waals surface area contributed by atoms with Gasteiger partial charge >= 0.3 is 0 Å². The van der Waals surface area contributed by atoms with E-state index in [0.717, 1.165) is 22.4 Å². The van der Waals surface area contributed by atoms with Gasteiger partial charge in [-0.3, -0.25) is 4.79 Å². The fraction of sp³-hybridized carbons (Fsp3) is 0.150. The minimum atomic E-state index is -0.240. The van der Waals surface area contributed by atoms with E-state index in [1.807, 2.05) is 37.3 Å². The standard InChI is InChI=1S/C20H17N3O4/c1-13-2-5-15(20-23-21-12-27-20)11-16(13)22-19(24)7-4-14-3-6-17-18(10-14)26-9-8-25-17/h2-7,10-12H,8-9H2,1H3,(H,22,24)/b7-4+. The van der Waals surface area contributed by atoms with Gasteiger partial charge in [-0.2, -0.15) is 0 Å². The van der Waals surface area contributed by atoms with Crippen molar-refractivity contribution in [2.75, 3.05) is 18.5 Å². The molecule has 1 aromatic heterocycles. The number of hydrogen-bond acceptors (Lipinski definition) is 6. The van der Waals surface area contributed by atoms with Crippen LogP contribution in [-0.4, -0.2) is 29.3 Å². The first-order valence-corrected chi connectivity index (χ1v) is 8.45. The summed E-state index contributed by atoms with van der Waals surface area (Å²) in [6.45, 7) is 2.99. The number of fused-ring (bicyclic) bond motifs is 1. The van der Waals surface area contributed by atoms with E-state index in [1.165, 1.54) is 12.5 Å². The predicted molar refractivity (Wildman–Crippen MR) is 99.6 cm³/mol. The van der Waals surface area contributed by atoms with E-state index in [2.05, 4.69) is 15.5 Å². The quantitative estimate of drug-likeness (QED) is 0.714. The molecule has 1 aliphatic heterocycles. The lowest BCUT2D eigenvalue weighted by atomic mass is 10.1. The molecular formula is C20H17N3O4. The van der Waals surface area contributed by atoms with E-state index in [-0.39, 0.29) is 5.91 Å². The number of nitrogens with zero attached hydrogens (tertiary/aromatic N) is 2. The molecule has 2 heterocycles. The zero-order valence-corrected chi connectivity index (χ0v) is 14.6. The van der Waals surface area contributed by atoms with Crippen LogP contribution in [0.15, 0.2) is 53.3 Å². The number of hydrogen-bond donors (Lipinski definition) is 1. The Morgan fingerprint density at radius 3 is 2.78 bits per heavy atom. The number of amides is 1. The van der Waals surface area contributed by atoms with Crippen molar-refractivity contribution in [3.05, 3.63) is 60.0 Å². The van der Waals surface area contributed by atoms with E-state index in [0.29, 0.717) is 30.5 Å². The first-order chi connectivity index (χ1) is 13.2. The second-order valence-electron chi connectivity index (χ2n) is 6.00. The molecule has 1 N–H and O–H groups in total. The highest BCUT2D eigenvalue weighted by molar-refractivity contribution is 6.02. The average molecular weight is 363 g/mol. The molecule has 0 spiro atoms. The molecule has 0 atom stereocenters. The van der Waals surface area contributed by atoms with E-state index >= 15 is 0 Å². The van der Waals surface area contributed by atoms with E-state index in [4.69, 9.17) is 13.9 Å². The number of rotatable bonds is 4. The summed E-state index contributed by atoms with van der Waals surface area (Å²) in [5.74, 6) is 1.57. The topological polar surface area (TPSA) is 86.5 Å². The lowest BCUT2D eigenvalue weighted by molar-refractivity contribution is -0.111. The number of nitrogens with one attached hydrogen (secondary N) is 1. The Kier molecular flexibility index (Phi) is 4.57. The van der Waals surface area contributed by atoms with Crippen LogP contribution in [0.5, 0.6) is 11.5 Å². The Balaban J connectivity index is 1.48. The van der Waals surface area contributed by atoms with Crippen LogP contribution in [0.3, 0.4) is 0 Å². The number of carbonyl (C=O) groups excluding carboxylic acids is 1. The van der Waals surface area contributed by atoms with E-state index < -0.39 is 0 Å². The van der Waals surface area contributed by atoms with Gasteiger partial charge in [-0.05, 0) is 48.4 Å². The summed E-state index contributed by atoms with van der Waals surface area (Å²) in [4.78, 5) is 12.3. The number of aryl methyl sites for hydroxylation is 1. The maximum absolute atomic E-state index is 12.3. The largest absolute Gasteiger partial charge is 0.486 e. The number of benzene rings is 2. The molecule has 4 rings (SSSR count). The molecule has 1 amide bonds. The Bertz CT molecular complexity index is 996. The van der Waals surface area contributed by atoms with Crippen molar-refractivity contribution in [1.29, 1.82) is 0 Å². The Labute approximate surface area is 155 Å². The van der Waals surface area contributed by atoms with Crippen LogP contribution >= 0.6 is 0 Å². The van der Waals surface area contributed by atoms with Gasteiger partial charge in [0.2, 0.25) is 18.2 Å². The molecule has 1 aliphatic rings. The van der Waals surface area contributed by atoms with E-state index in [9.17, 15) is 4.79 Å². The Morgan fingerprint density at radius 2 is 1.96 bits per heavy atom. The zero-order valence-electron chi connectivity index (χ0n) is 14.6. The summed E-state index contributed by atoms with van der Waals surface area (Å²) in [5, 5.41) is 10.4. The maximum atomic E-state index is 12.3. The van der Waals surface area contributed by atoms with Crippen molar-refractivity contribution >= 4 is 17.7 Å². The van der Waals surface area contributed by atoms with Gasteiger partial charge in [0.05, 0.1) is 0 Å². The average Bonchev–Trinajstić information content (AvgIpc) is 3.23. The minimum absolute atomic E-state index is 0.240. The van der Waals surface area contributed by atoms with Gasteiger partial charge < -0.3 is 19.2 Å². The van der Waals surface area contributed by atoms with Crippen molar-refractivity contribution in [3.63, 3.8) is 0 Å². The van der Waals surface area contributed by atoms with Crippen molar-refractivity contribution in [2.45, 2.75) is 6.92 Å². The van der Waals surface area contributed by atoms with E-state index in [1.54, 1.807) is 12.1 Å². The minimum Gasteiger partial charge on any atom is -0.486 e. The fourth-order valence-electron chi connectivity index (χ4n) is 2.70. The summed E-state index contributed by atoms with van der Waals surface area (Å²) >= 11 is 0. The molecule has 27 heavy (non-hydrogen) atoms. The van der Waals surface area contributed by atoms with Gasteiger partial charge in [-0.1, -0.05) is 12.1 Å². The Hall–Kier alpha value is -3.61. The molecule has 0 saturated heterocycles. The van der Waals surface area contributed by atoms with Gasteiger partial charge in [0.25, 0.3) is 0 Å². The van der Waals surface area contributed by atoms with Crippen molar-refractivity contribution < 1.29 is 18.7 Å². The van der Waals surface area contributed by atoms with Crippen molar-refractivity contribution in [2.24, 2.45) is 0 Å². The highest BCUT2D eigenvalue weighted by Crippen LogP contribution is 2.31. The van der Waals surface area contributed by atoms with Crippen LogP contribution in [0.2, 0.25) is 0 Å². The summed E-state index contributed by atoms with van der Waals surface area (Å²) in [6.07, 6.45) is 4.47. The SMILES string of the molecule is Cc1ccc(-c2nnco2)cc1NC(=O)/C=C/c1ccc2c(c1)OCCO2. The molecule has 3 aromatic rings. The summed E-state index contributed by atoms with van der Waals surface area (Å²) in [5.41, 5.74) is 3.21. The summed E-state index contributed by atoms with van der Waals surface area (Å²) in [6, 6.07) is 11.1. The zero-order chi connectivity index (χ0) is 18.6. The third-order valence-electron chi connectivity index (χ3n) is 4.10. The van der Waals surface area contributed by atoms with Gasteiger partial charge in [0, 0.05) is 17.3 Å². The second-order valence-corrected chi connectivity index (χ2v) is 6.00. The molecule has 0 unspecified atom stereocenters. The van der Waals surface area contributed by atoms with Crippen LogP contribution in [0.25, 0.3) is 17.5 Å². The van der Waals surface area contributed by atoms with Crippen LogP contribution in [-0.2, 0) is 4.79 Å². The highest BCUT2D eigenvalue weighted by atomic mass is 16.6. The first-order valence-electron chi connectivity index (χ1n) is 8.45. The molecule has 2 aromatic carbocycles. The lowest BCUT2D eigenvalue weighted by Gasteiger charge is -2.18. The molecule has 0 radical (unpaired) electrons. The van der Waals surface area contributed by atoms with Gasteiger partial charge in [0.15, 0.2) is 11.5 Å². The number of anilines is 1. The Morgan fingerprint density at radius 1 is 1.11 bits per heavy atom. The van der Waals surface area contributed by atoms with Crippen LogP contribution in [0.1, 0.15) is 11.1 Å². The smallest absolute Gasteiger partial charge is 0.248 e. The lowest BCUT2D eigenvalue weighted by Crippen LogP contribution is -2.15. The monoisotopic (exact) mass is 363 g/mol. The van der Waals surface area contributed by atoms with Gasteiger partial charge in [-0.25, -0.2) is 0 Å². The predicted octanol–water partition coefficient (Wildman–Crippen LogP) is 3.47. The second kappa shape index (κ2) is 7.33. The van der Waals surface area contributed by atoms with Gasteiger partial charge in [0.1, 0.15) is 13.2 Å². The maximum Gasteiger partial charge on any atom is 0.248 e. The third-order valence-corrected chi connectivity index (χ3v) is 4.10. The van der Waals surface area contributed by atoms with Crippen LogP contribution in [0, 0.1) is 6.92 Å². The summed E-state index contributed by atoms with van der Waals surface area (Å²) in [7, 11) is 0. The van der Waals surface area contributed by atoms with Crippen molar-refractivity contribution in [1.82, 2.24) is 10.2 Å². The molecule has 0 bridgehead atoms. The molecular weight excluding hydrogens is 346 g/mol. The number of aromatic nitrogens is 2. The molecule has 7 nitrogen and oxygen atoms in total. The molecule has 7 heteroatoms.